The van der Waals surface area contributed by atoms with Crippen LogP contribution in [0.3, 0.4) is 0 Å². The van der Waals surface area contributed by atoms with Crippen molar-refractivity contribution in [3.63, 3.8) is 0 Å². The lowest BCUT2D eigenvalue weighted by Gasteiger charge is -2.27. The van der Waals surface area contributed by atoms with Gasteiger partial charge in [-0.3, -0.25) is 29.4 Å². The molecule has 2 fully saturated rings. The van der Waals surface area contributed by atoms with E-state index >= 15 is 0 Å². The van der Waals surface area contributed by atoms with Crippen LogP contribution in [0.25, 0.3) is 0 Å². The fourth-order valence-corrected chi connectivity index (χ4v) is 4.62. The van der Waals surface area contributed by atoms with Gasteiger partial charge in [-0.1, -0.05) is 11.3 Å². The number of aromatic nitrogens is 3. The van der Waals surface area contributed by atoms with Crippen LogP contribution in [-0.4, -0.2) is 69.3 Å². The smallest absolute Gasteiger partial charge is 0.262 e. The van der Waals surface area contributed by atoms with Crippen molar-refractivity contribution in [1.82, 2.24) is 30.5 Å². The molecule has 3 aliphatic rings. The zero-order valence-electron chi connectivity index (χ0n) is 18.4. The molecule has 0 spiro atoms. The first-order valence-corrected chi connectivity index (χ1v) is 11.2. The summed E-state index contributed by atoms with van der Waals surface area (Å²) in [6, 6.07) is 4.13. The highest BCUT2D eigenvalue weighted by Gasteiger charge is 2.44. The van der Waals surface area contributed by atoms with Crippen molar-refractivity contribution in [1.29, 1.82) is 0 Å². The lowest BCUT2D eigenvalue weighted by Crippen LogP contribution is -2.54. The third-order valence-corrected chi connectivity index (χ3v) is 6.50. The zero-order valence-corrected chi connectivity index (χ0v) is 18.4. The van der Waals surface area contributed by atoms with E-state index in [0.717, 1.165) is 16.2 Å². The van der Waals surface area contributed by atoms with Gasteiger partial charge in [-0.05, 0) is 30.7 Å². The Morgan fingerprint density at radius 2 is 1.94 bits per heavy atom. The standard InChI is InChI=1S/C22H25N7O5/c23-6-13-10-34-11-18(13)28-9-14(26-27-28)8-24-7-12-1-2-15-16(5-12)22(33)29(21(15)32)17-3-4-19(30)25-20(17)31/h1-2,5,9,13,17-18,24H,3-4,6-8,10-11,23H2,(H,25,30,31)/t13-,17?,18-/m1/s1. The van der Waals surface area contributed by atoms with E-state index in [1.165, 1.54) is 0 Å². The number of imide groups is 2. The van der Waals surface area contributed by atoms with Crippen LogP contribution in [0.15, 0.2) is 24.4 Å². The Morgan fingerprint density at radius 1 is 1.12 bits per heavy atom. The van der Waals surface area contributed by atoms with Crippen LogP contribution in [0.5, 0.6) is 0 Å². The van der Waals surface area contributed by atoms with Crippen molar-refractivity contribution < 1.29 is 23.9 Å². The van der Waals surface area contributed by atoms with Crippen LogP contribution in [0.1, 0.15) is 50.9 Å². The fraction of sp³-hybridized carbons (Fsp3) is 0.455. The molecular weight excluding hydrogens is 442 g/mol. The van der Waals surface area contributed by atoms with Gasteiger partial charge in [0.15, 0.2) is 0 Å². The monoisotopic (exact) mass is 467 g/mol. The number of fused-ring (bicyclic) bond motifs is 1. The van der Waals surface area contributed by atoms with Crippen molar-refractivity contribution in [2.45, 2.75) is 38.0 Å². The van der Waals surface area contributed by atoms with Crippen LogP contribution in [-0.2, 0) is 27.4 Å². The largest absolute Gasteiger partial charge is 0.379 e. The summed E-state index contributed by atoms with van der Waals surface area (Å²) in [6.45, 7) is 2.62. The van der Waals surface area contributed by atoms with E-state index in [2.05, 4.69) is 20.9 Å². The first-order valence-electron chi connectivity index (χ1n) is 11.2. The number of piperidine rings is 1. The molecule has 4 N–H and O–H groups in total. The number of amides is 4. The van der Waals surface area contributed by atoms with Crippen LogP contribution in [0.4, 0.5) is 0 Å². The van der Waals surface area contributed by atoms with E-state index in [1.807, 2.05) is 6.20 Å². The topological polar surface area (TPSA) is 162 Å². The summed E-state index contributed by atoms with van der Waals surface area (Å²) in [5.41, 5.74) is 7.89. The lowest BCUT2D eigenvalue weighted by molar-refractivity contribution is -0.136. The van der Waals surface area contributed by atoms with Crippen molar-refractivity contribution in [3.05, 3.63) is 46.8 Å². The van der Waals surface area contributed by atoms with Crippen molar-refractivity contribution >= 4 is 23.6 Å². The van der Waals surface area contributed by atoms with Crippen molar-refractivity contribution in [2.75, 3.05) is 19.8 Å². The number of nitrogens with one attached hydrogen (secondary N) is 2. The quantitative estimate of drug-likeness (QED) is 0.439. The van der Waals surface area contributed by atoms with Crippen LogP contribution >= 0.6 is 0 Å². The van der Waals surface area contributed by atoms with Gasteiger partial charge in [0.1, 0.15) is 6.04 Å². The molecular formula is C22H25N7O5. The Morgan fingerprint density at radius 3 is 2.74 bits per heavy atom. The first-order chi connectivity index (χ1) is 16.5. The minimum atomic E-state index is -0.974. The summed E-state index contributed by atoms with van der Waals surface area (Å²) < 4.78 is 7.29. The molecule has 1 unspecified atom stereocenters. The number of rotatable bonds is 7. The van der Waals surface area contributed by atoms with Crippen LogP contribution in [0.2, 0.25) is 0 Å². The van der Waals surface area contributed by atoms with Gasteiger partial charge in [-0.2, -0.15) is 0 Å². The van der Waals surface area contributed by atoms with E-state index in [4.69, 9.17) is 10.5 Å². The molecule has 3 aliphatic heterocycles. The molecule has 0 radical (unpaired) electrons. The van der Waals surface area contributed by atoms with E-state index < -0.39 is 29.7 Å². The summed E-state index contributed by atoms with van der Waals surface area (Å²) in [5, 5.41) is 13.9. The highest BCUT2D eigenvalue weighted by Crippen LogP contribution is 2.28. The predicted octanol–water partition coefficient (Wildman–Crippen LogP) is -0.885. The second-order valence-corrected chi connectivity index (χ2v) is 8.72. The van der Waals surface area contributed by atoms with E-state index in [-0.39, 0.29) is 35.9 Å². The van der Waals surface area contributed by atoms with E-state index in [1.54, 1.807) is 22.9 Å². The van der Waals surface area contributed by atoms with Crippen LogP contribution < -0.4 is 16.4 Å². The molecule has 0 bridgehead atoms. The number of nitrogens with two attached hydrogens (primary N) is 1. The zero-order chi connectivity index (χ0) is 23.8. The van der Waals surface area contributed by atoms with Gasteiger partial charge >= 0.3 is 0 Å². The molecule has 3 atom stereocenters. The third-order valence-electron chi connectivity index (χ3n) is 6.50. The molecule has 12 heteroatoms. The number of benzene rings is 1. The minimum Gasteiger partial charge on any atom is -0.379 e. The summed E-state index contributed by atoms with van der Waals surface area (Å²) >= 11 is 0. The van der Waals surface area contributed by atoms with Gasteiger partial charge in [0.25, 0.3) is 11.8 Å². The molecule has 0 saturated carbocycles. The normalized spacial score (nSPS) is 24.6. The number of ether oxygens (including phenoxy) is 1. The third kappa shape index (κ3) is 4.00. The molecule has 1 aromatic carbocycles. The molecule has 34 heavy (non-hydrogen) atoms. The maximum Gasteiger partial charge on any atom is 0.262 e. The molecule has 178 valence electrons. The second-order valence-electron chi connectivity index (χ2n) is 8.72. The average molecular weight is 467 g/mol. The molecule has 5 rings (SSSR count). The van der Waals surface area contributed by atoms with Gasteiger partial charge in [0.05, 0.1) is 42.3 Å². The van der Waals surface area contributed by atoms with Gasteiger partial charge in [-0.25, -0.2) is 4.68 Å². The Balaban J connectivity index is 1.21. The Hall–Kier alpha value is -3.48. The number of carbonyl (C=O) groups is 4. The van der Waals surface area contributed by atoms with Crippen molar-refractivity contribution in [2.24, 2.45) is 11.7 Å². The molecule has 1 aromatic heterocycles. The van der Waals surface area contributed by atoms with Crippen molar-refractivity contribution in [3.8, 4) is 0 Å². The summed E-state index contributed by atoms with van der Waals surface area (Å²) in [5.74, 6) is -1.84. The molecule has 4 heterocycles. The Labute approximate surface area is 194 Å². The maximum atomic E-state index is 12.9. The average Bonchev–Trinajstić information content (AvgIpc) is 3.54. The molecule has 12 nitrogen and oxygen atoms in total. The van der Waals surface area contributed by atoms with Gasteiger partial charge < -0.3 is 15.8 Å². The summed E-state index contributed by atoms with van der Waals surface area (Å²) in [7, 11) is 0. The number of hydrogen-bond donors (Lipinski definition) is 3. The first kappa shape index (κ1) is 22.3. The van der Waals surface area contributed by atoms with E-state index in [9.17, 15) is 19.2 Å². The molecule has 2 saturated heterocycles. The number of nitrogens with zero attached hydrogens (tertiary/aromatic N) is 4. The minimum absolute atomic E-state index is 0.0822. The van der Waals surface area contributed by atoms with Crippen LogP contribution in [0, 0.1) is 5.92 Å². The highest BCUT2D eigenvalue weighted by molar-refractivity contribution is 6.23. The van der Waals surface area contributed by atoms with Gasteiger partial charge in [-0.15, -0.1) is 5.10 Å². The SMILES string of the molecule is NC[C@@H]1COC[C@H]1n1cc(CNCc2ccc3c(c2)C(=O)N(C2CCC(=O)NC2=O)C3=O)nn1. The Kier molecular flexibility index (Phi) is 5.94. The fourth-order valence-electron chi connectivity index (χ4n) is 4.62. The maximum absolute atomic E-state index is 12.9. The highest BCUT2D eigenvalue weighted by atomic mass is 16.5. The molecule has 2 aromatic rings. The summed E-state index contributed by atoms with van der Waals surface area (Å²) in [4.78, 5) is 50.3. The predicted molar refractivity (Wildman–Crippen MR) is 116 cm³/mol. The molecule has 0 aliphatic carbocycles. The second kappa shape index (κ2) is 9.05. The number of carbonyl (C=O) groups excluding carboxylic acids is 4. The van der Waals surface area contributed by atoms with Gasteiger partial charge in [0, 0.05) is 25.4 Å². The van der Waals surface area contributed by atoms with Gasteiger partial charge in [0.2, 0.25) is 11.8 Å². The van der Waals surface area contributed by atoms with E-state index in [0.29, 0.717) is 32.8 Å². The number of hydrogen-bond acceptors (Lipinski definition) is 9. The molecule has 4 amide bonds. The lowest BCUT2D eigenvalue weighted by atomic mass is 10.0. The summed E-state index contributed by atoms with van der Waals surface area (Å²) in [6.07, 6.45) is 2.09. The Bertz CT molecular complexity index is 1160.